The second-order valence-electron chi connectivity index (χ2n) is 5.40. The van der Waals surface area contributed by atoms with Crippen molar-refractivity contribution in [2.45, 2.75) is 20.4 Å². The first-order valence-electron chi connectivity index (χ1n) is 7.66. The molecule has 0 aliphatic rings. The van der Waals surface area contributed by atoms with Crippen LogP contribution in [0.25, 0.3) is 0 Å². The van der Waals surface area contributed by atoms with E-state index in [0.29, 0.717) is 13.2 Å². The second-order valence-corrected chi connectivity index (χ2v) is 6.40. The highest BCUT2D eigenvalue weighted by molar-refractivity contribution is 7.10. The molecule has 0 aliphatic heterocycles. The third-order valence-electron chi connectivity index (χ3n) is 3.70. The Kier molecular flexibility index (Phi) is 5.97. The number of amides is 1. The summed E-state index contributed by atoms with van der Waals surface area (Å²) in [5.74, 6) is 0.0855. The van der Waals surface area contributed by atoms with Gasteiger partial charge in [0.2, 0.25) is 0 Å². The van der Waals surface area contributed by atoms with E-state index in [2.05, 4.69) is 0 Å². The summed E-state index contributed by atoms with van der Waals surface area (Å²) in [4.78, 5) is 26.1. The van der Waals surface area contributed by atoms with Crippen LogP contribution in [0.2, 0.25) is 0 Å². The molecule has 0 saturated heterocycles. The van der Waals surface area contributed by atoms with Crippen molar-refractivity contribution in [3.8, 4) is 11.5 Å². The van der Waals surface area contributed by atoms with E-state index < -0.39 is 10.8 Å². The number of benzene rings is 1. The highest BCUT2D eigenvalue weighted by Gasteiger charge is 2.27. The summed E-state index contributed by atoms with van der Waals surface area (Å²) in [6.07, 6.45) is 0. The molecule has 0 fully saturated rings. The molecule has 0 N–H and O–H groups in total. The van der Waals surface area contributed by atoms with Crippen molar-refractivity contribution in [2.24, 2.45) is 0 Å². The monoisotopic (exact) mass is 364 g/mol. The van der Waals surface area contributed by atoms with Gasteiger partial charge in [0.05, 0.1) is 31.3 Å². The standard InChI is InChI=1S/C17H20N2O5S/c1-5-24-15-9-13(19(21)22)12(8-14(15)23-4)17(20)18(3)10-16-11(2)6-7-25-16/h6-9H,5,10H2,1-4H3. The predicted molar refractivity (Wildman–Crippen MR) is 95.7 cm³/mol. The van der Waals surface area contributed by atoms with Crippen LogP contribution >= 0.6 is 11.3 Å². The molecule has 2 rings (SSSR count). The number of thiophene rings is 1. The SMILES string of the molecule is CCOc1cc([N+](=O)[O-])c(C(=O)N(C)Cc2sccc2C)cc1OC. The number of nitro benzene ring substituents is 1. The first-order chi connectivity index (χ1) is 11.9. The Morgan fingerprint density at radius 2 is 2.08 bits per heavy atom. The van der Waals surface area contributed by atoms with Gasteiger partial charge in [-0.15, -0.1) is 11.3 Å². The van der Waals surface area contributed by atoms with E-state index in [1.807, 2.05) is 18.4 Å². The average molecular weight is 364 g/mol. The number of hydrogen-bond donors (Lipinski definition) is 0. The molecule has 134 valence electrons. The fourth-order valence-corrected chi connectivity index (χ4v) is 3.32. The van der Waals surface area contributed by atoms with Gasteiger partial charge in [-0.1, -0.05) is 0 Å². The summed E-state index contributed by atoms with van der Waals surface area (Å²) in [5, 5.41) is 13.4. The van der Waals surface area contributed by atoms with Gasteiger partial charge >= 0.3 is 0 Å². The molecule has 25 heavy (non-hydrogen) atoms. The van der Waals surface area contributed by atoms with Crippen LogP contribution in [0.3, 0.4) is 0 Å². The maximum absolute atomic E-state index is 12.8. The maximum Gasteiger partial charge on any atom is 0.286 e. The third kappa shape index (κ3) is 4.08. The van der Waals surface area contributed by atoms with Gasteiger partial charge in [0.15, 0.2) is 11.5 Å². The quantitative estimate of drug-likeness (QED) is 0.553. The van der Waals surface area contributed by atoms with Crippen molar-refractivity contribution >= 4 is 22.9 Å². The van der Waals surface area contributed by atoms with Crippen LogP contribution in [0.5, 0.6) is 11.5 Å². The Hall–Kier alpha value is -2.61. The first-order valence-corrected chi connectivity index (χ1v) is 8.54. The molecule has 0 saturated carbocycles. The van der Waals surface area contributed by atoms with E-state index in [0.717, 1.165) is 10.4 Å². The Labute approximate surface area is 149 Å². The molecular formula is C17H20N2O5S. The van der Waals surface area contributed by atoms with E-state index in [1.165, 1.54) is 24.1 Å². The van der Waals surface area contributed by atoms with Gasteiger partial charge in [0.1, 0.15) is 5.56 Å². The van der Waals surface area contributed by atoms with Gasteiger partial charge in [0.25, 0.3) is 11.6 Å². The lowest BCUT2D eigenvalue weighted by Crippen LogP contribution is -2.27. The molecular weight excluding hydrogens is 344 g/mol. The zero-order valence-corrected chi connectivity index (χ0v) is 15.4. The van der Waals surface area contributed by atoms with Crippen molar-refractivity contribution < 1.29 is 19.2 Å². The van der Waals surface area contributed by atoms with Gasteiger partial charge < -0.3 is 14.4 Å². The zero-order valence-electron chi connectivity index (χ0n) is 14.6. The van der Waals surface area contributed by atoms with Crippen LogP contribution < -0.4 is 9.47 Å². The molecule has 0 unspecified atom stereocenters. The van der Waals surface area contributed by atoms with Gasteiger partial charge in [-0.2, -0.15) is 0 Å². The van der Waals surface area contributed by atoms with E-state index in [9.17, 15) is 14.9 Å². The molecule has 0 bridgehead atoms. The van der Waals surface area contributed by atoms with Crippen LogP contribution in [-0.2, 0) is 6.54 Å². The largest absolute Gasteiger partial charge is 0.493 e. The van der Waals surface area contributed by atoms with E-state index in [1.54, 1.807) is 25.3 Å². The Bertz CT molecular complexity index is 787. The van der Waals surface area contributed by atoms with Crippen LogP contribution in [0.1, 0.15) is 27.7 Å². The van der Waals surface area contributed by atoms with Gasteiger partial charge in [-0.3, -0.25) is 14.9 Å². The lowest BCUT2D eigenvalue weighted by molar-refractivity contribution is -0.385. The van der Waals surface area contributed by atoms with Gasteiger partial charge in [0, 0.05) is 18.0 Å². The Morgan fingerprint density at radius 3 is 2.60 bits per heavy atom. The summed E-state index contributed by atoms with van der Waals surface area (Å²) < 4.78 is 10.6. The fraction of sp³-hybridized carbons (Fsp3) is 0.353. The minimum atomic E-state index is -0.584. The molecule has 0 aliphatic carbocycles. The minimum Gasteiger partial charge on any atom is -0.493 e. The summed E-state index contributed by atoms with van der Waals surface area (Å²) >= 11 is 1.55. The predicted octanol–water partition coefficient (Wildman–Crippen LogP) is 3.64. The van der Waals surface area contributed by atoms with Crippen LogP contribution in [0, 0.1) is 17.0 Å². The van der Waals surface area contributed by atoms with E-state index in [-0.39, 0.29) is 22.7 Å². The third-order valence-corrected chi connectivity index (χ3v) is 4.71. The van der Waals surface area contributed by atoms with Crippen molar-refractivity contribution in [2.75, 3.05) is 20.8 Å². The number of nitrogens with zero attached hydrogens (tertiary/aromatic N) is 2. The van der Waals surface area contributed by atoms with E-state index >= 15 is 0 Å². The van der Waals surface area contributed by atoms with Crippen molar-refractivity contribution in [3.63, 3.8) is 0 Å². The molecule has 0 radical (unpaired) electrons. The molecule has 7 nitrogen and oxygen atoms in total. The zero-order chi connectivity index (χ0) is 18.6. The lowest BCUT2D eigenvalue weighted by Gasteiger charge is -2.18. The normalized spacial score (nSPS) is 10.4. The number of hydrogen-bond acceptors (Lipinski definition) is 6. The molecule has 1 aromatic heterocycles. The van der Waals surface area contributed by atoms with Crippen LogP contribution in [0.4, 0.5) is 5.69 Å². The number of methoxy groups -OCH3 is 1. The van der Waals surface area contributed by atoms with Crippen molar-refractivity contribution in [1.82, 2.24) is 4.90 Å². The van der Waals surface area contributed by atoms with Gasteiger partial charge in [-0.05, 0) is 30.9 Å². The number of nitro groups is 1. The summed E-state index contributed by atoms with van der Waals surface area (Å²) in [6, 6.07) is 4.57. The van der Waals surface area contributed by atoms with Crippen LogP contribution in [0.15, 0.2) is 23.6 Å². The number of carbonyl (C=O) groups is 1. The highest BCUT2D eigenvalue weighted by atomic mass is 32.1. The maximum atomic E-state index is 12.8. The molecule has 1 heterocycles. The fourth-order valence-electron chi connectivity index (χ4n) is 2.36. The van der Waals surface area contributed by atoms with Crippen molar-refractivity contribution in [3.05, 3.63) is 49.7 Å². The number of rotatable bonds is 7. The highest BCUT2D eigenvalue weighted by Crippen LogP contribution is 2.35. The van der Waals surface area contributed by atoms with Crippen LogP contribution in [-0.4, -0.2) is 36.5 Å². The topological polar surface area (TPSA) is 81.9 Å². The molecule has 1 amide bonds. The Morgan fingerprint density at radius 1 is 1.36 bits per heavy atom. The number of carbonyl (C=O) groups excluding carboxylic acids is 1. The summed E-state index contributed by atoms with van der Waals surface area (Å²) in [6.45, 7) is 4.45. The smallest absolute Gasteiger partial charge is 0.286 e. The van der Waals surface area contributed by atoms with Gasteiger partial charge in [-0.25, -0.2) is 0 Å². The molecule has 8 heteroatoms. The lowest BCUT2D eigenvalue weighted by atomic mass is 10.1. The number of ether oxygens (including phenoxy) is 2. The molecule has 1 aromatic carbocycles. The second kappa shape index (κ2) is 7.98. The molecule has 0 spiro atoms. The summed E-state index contributed by atoms with van der Waals surface area (Å²) in [7, 11) is 3.05. The average Bonchev–Trinajstić information content (AvgIpc) is 2.98. The minimum absolute atomic E-state index is 0.0259. The number of aryl methyl sites for hydroxylation is 1. The Balaban J connectivity index is 2.39. The molecule has 2 aromatic rings. The summed E-state index contributed by atoms with van der Waals surface area (Å²) in [5.41, 5.74) is 0.759. The first kappa shape index (κ1) is 18.7. The molecule has 0 atom stereocenters. The van der Waals surface area contributed by atoms with Crippen molar-refractivity contribution in [1.29, 1.82) is 0 Å². The van der Waals surface area contributed by atoms with E-state index in [4.69, 9.17) is 9.47 Å².